The van der Waals surface area contributed by atoms with E-state index in [0.29, 0.717) is 22.3 Å². The third-order valence-corrected chi connectivity index (χ3v) is 10.3. The van der Waals surface area contributed by atoms with E-state index in [1.807, 2.05) is 13.0 Å². The molecule has 3 atom stereocenters. The average molecular weight is 542 g/mol. The molecule has 1 saturated carbocycles. The lowest BCUT2D eigenvalue weighted by molar-refractivity contribution is 0.0973. The van der Waals surface area contributed by atoms with Crippen LogP contribution < -0.4 is 15.5 Å². The van der Waals surface area contributed by atoms with Crippen LogP contribution in [0.1, 0.15) is 44.7 Å². The molecule has 11 heteroatoms. The first-order chi connectivity index (χ1) is 17.9. The van der Waals surface area contributed by atoms with Gasteiger partial charge in [-0.25, -0.2) is 15.0 Å². The molecule has 0 amide bonds. The Labute approximate surface area is 226 Å². The van der Waals surface area contributed by atoms with E-state index in [1.54, 1.807) is 12.4 Å². The molecule has 6 rings (SSSR count). The van der Waals surface area contributed by atoms with Gasteiger partial charge in [-0.1, -0.05) is 23.4 Å². The molecular formula is C26H32ClN7O2S. The standard InChI is InChI=1S/C26H32ClN7O2S/c1-16-22(29)26(15-36-16)6-10-33(11-7-26)23-17(13-35)32-20(12-31-23)37-18-2-8-30-24(21(18)27)34-9-3-19(34)25(14-28)4-5-25/h2,8,12,16,19,22,35H,3-7,9-11,13,15,29H2,1H3/t16-,19?,22+/m0/s1. The van der Waals surface area contributed by atoms with E-state index < -0.39 is 0 Å². The Kier molecular flexibility index (Phi) is 6.48. The number of piperidine rings is 1. The topological polar surface area (TPSA) is 124 Å². The Bertz CT molecular complexity index is 1230. The molecule has 2 aromatic rings. The fraction of sp³-hybridized carbons (Fsp3) is 0.615. The molecule has 196 valence electrons. The van der Waals surface area contributed by atoms with Crippen molar-refractivity contribution < 1.29 is 9.84 Å². The highest BCUT2D eigenvalue weighted by Crippen LogP contribution is 2.55. The van der Waals surface area contributed by atoms with E-state index in [0.717, 1.165) is 68.3 Å². The molecule has 37 heavy (non-hydrogen) atoms. The van der Waals surface area contributed by atoms with Gasteiger partial charge in [0, 0.05) is 42.2 Å². The van der Waals surface area contributed by atoms with Crippen LogP contribution in [0.3, 0.4) is 0 Å². The number of aliphatic hydroxyl groups is 1. The normalized spacial score (nSPS) is 27.7. The van der Waals surface area contributed by atoms with E-state index in [2.05, 4.69) is 20.9 Å². The van der Waals surface area contributed by atoms with Gasteiger partial charge in [0.2, 0.25) is 0 Å². The van der Waals surface area contributed by atoms with Gasteiger partial charge >= 0.3 is 0 Å². The summed E-state index contributed by atoms with van der Waals surface area (Å²) < 4.78 is 5.84. The van der Waals surface area contributed by atoms with E-state index in [-0.39, 0.29) is 35.6 Å². The van der Waals surface area contributed by atoms with Gasteiger partial charge in [0.05, 0.1) is 48.1 Å². The van der Waals surface area contributed by atoms with Crippen LogP contribution in [-0.2, 0) is 11.3 Å². The number of pyridine rings is 1. The number of aliphatic hydroxyl groups excluding tert-OH is 1. The maximum atomic E-state index is 10.1. The lowest BCUT2D eigenvalue weighted by Crippen LogP contribution is -2.53. The minimum atomic E-state index is -0.244. The molecule has 0 aromatic carbocycles. The van der Waals surface area contributed by atoms with Crippen molar-refractivity contribution in [3.63, 3.8) is 0 Å². The largest absolute Gasteiger partial charge is 0.390 e. The zero-order chi connectivity index (χ0) is 25.8. The summed E-state index contributed by atoms with van der Waals surface area (Å²) in [4.78, 5) is 19.2. The second-order valence-corrected chi connectivity index (χ2v) is 12.3. The molecule has 3 N–H and O–H groups in total. The smallest absolute Gasteiger partial charge is 0.152 e. The van der Waals surface area contributed by atoms with Gasteiger partial charge < -0.3 is 25.4 Å². The Morgan fingerprint density at radius 1 is 1.24 bits per heavy atom. The predicted octanol–water partition coefficient (Wildman–Crippen LogP) is 3.38. The van der Waals surface area contributed by atoms with Crippen molar-refractivity contribution >= 4 is 35.0 Å². The molecule has 3 aliphatic heterocycles. The number of nitriles is 1. The summed E-state index contributed by atoms with van der Waals surface area (Å²) in [5.74, 6) is 1.44. The summed E-state index contributed by atoms with van der Waals surface area (Å²) in [5.41, 5.74) is 6.80. The fourth-order valence-electron chi connectivity index (χ4n) is 6.14. The summed E-state index contributed by atoms with van der Waals surface area (Å²) >= 11 is 8.23. The highest BCUT2D eigenvalue weighted by atomic mass is 35.5. The molecule has 0 radical (unpaired) electrons. The third kappa shape index (κ3) is 4.25. The molecule has 4 fully saturated rings. The summed E-state index contributed by atoms with van der Waals surface area (Å²) in [5, 5.41) is 21.0. The number of nitrogens with two attached hydrogens (primary N) is 1. The Hall–Kier alpha value is -2.16. The van der Waals surface area contributed by atoms with Crippen molar-refractivity contribution in [2.45, 2.75) is 73.7 Å². The first-order valence-electron chi connectivity index (χ1n) is 13.0. The van der Waals surface area contributed by atoms with Crippen molar-refractivity contribution in [3.8, 4) is 6.07 Å². The lowest BCUT2D eigenvalue weighted by Gasteiger charge is -2.45. The summed E-state index contributed by atoms with van der Waals surface area (Å²) in [6.07, 6.45) is 8.33. The molecule has 4 aliphatic rings. The number of hydrogen-bond donors (Lipinski definition) is 2. The number of halogens is 1. The maximum absolute atomic E-state index is 10.1. The first kappa shape index (κ1) is 25.1. The minimum Gasteiger partial charge on any atom is -0.390 e. The van der Waals surface area contributed by atoms with Gasteiger partial charge in [-0.2, -0.15) is 5.26 Å². The first-order valence-corrected chi connectivity index (χ1v) is 14.2. The van der Waals surface area contributed by atoms with Crippen LogP contribution in [0.25, 0.3) is 0 Å². The summed E-state index contributed by atoms with van der Waals surface area (Å²) in [6, 6.07) is 4.61. The molecule has 3 saturated heterocycles. The molecular weight excluding hydrogens is 510 g/mol. The second-order valence-electron chi connectivity index (χ2n) is 10.8. The molecule has 5 heterocycles. The monoisotopic (exact) mass is 541 g/mol. The predicted molar refractivity (Wildman–Crippen MR) is 142 cm³/mol. The van der Waals surface area contributed by atoms with Gasteiger partial charge in [-0.15, -0.1) is 0 Å². The Morgan fingerprint density at radius 3 is 2.62 bits per heavy atom. The summed E-state index contributed by atoms with van der Waals surface area (Å²) in [7, 11) is 0. The SMILES string of the molecule is C[C@@H]1OCC2(CCN(c3ncc(Sc4ccnc(N5CCC5C5(C#N)CC5)c4Cl)nc3CO)CC2)[C@@H]1N. The zero-order valence-electron chi connectivity index (χ0n) is 20.9. The van der Waals surface area contributed by atoms with Crippen LogP contribution in [0.5, 0.6) is 0 Å². The van der Waals surface area contributed by atoms with Crippen LogP contribution in [0.4, 0.5) is 11.6 Å². The highest BCUT2D eigenvalue weighted by molar-refractivity contribution is 7.99. The van der Waals surface area contributed by atoms with Crippen molar-refractivity contribution in [1.29, 1.82) is 5.26 Å². The molecule has 9 nitrogen and oxygen atoms in total. The molecule has 2 aromatic heterocycles. The van der Waals surface area contributed by atoms with Gasteiger partial charge in [0.25, 0.3) is 0 Å². The molecule has 1 unspecified atom stereocenters. The second kappa shape index (κ2) is 9.54. The number of ether oxygens (including phenoxy) is 1. The Morgan fingerprint density at radius 2 is 2.03 bits per heavy atom. The van der Waals surface area contributed by atoms with Gasteiger partial charge in [0.15, 0.2) is 5.82 Å². The van der Waals surface area contributed by atoms with E-state index in [9.17, 15) is 10.4 Å². The lowest BCUT2D eigenvalue weighted by atomic mass is 9.73. The number of hydrogen-bond acceptors (Lipinski definition) is 10. The van der Waals surface area contributed by atoms with Crippen molar-refractivity contribution in [2.24, 2.45) is 16.6 Å². The van der Waals surface area contributed by atoms with E-state index in [1.165, 1.54) is 11.8 Å². The van der Waals surface area contributed by atoms with Gasteiger partial charge in [-0.3, -0.25) is 0 Å². The van der Waals surface area contributed by atoms with E-state index in [4.69, 9.17) is 32.0 Å². The van der Waals surface area contributed by atoms with Crippen molar-refractivity contribution in [3.05, 3.63) is 29.2 Å². The quantitative estimate of drug-likeness (QED) is 0.562. The van der Waals surface area contributed by atoms with Crippen molar-refractivity contribution in [1.82, 2.24) is 15.0 Å². The minimum absolute atomic E-state index is 0.0240. The van der Waals surface area contributed by atoms with Gasteiger partial charge in [-0.05, 0) is 45.1 Å². The summed E-state index contributed by atoms with van der Waals surface area (Å²) in [6.45, 7) is 5.02. The fourth-order valence-corrected chi connectivity index (χ4v) is 7.27. The Balaban J connectivity index is 1.17. The maximum Gasteiger partial charge on any atom is 0.152 e. The molecule has 0 bridgehead atoms. The third-order valence-electron chi connectivity index (χ3n) is 8.85. The molecule has 1 aliphatic carbocycles. The zero-order valence-corrected chi connectivity index (χ0v) is 22.5. The van der Waals surface area contributed by atoms with Crippen LogP contribution >= 0.6 is 23.4 Å². The van der Waals surface area contributed by atoms with Crippen molar-refractivity contribution in [2.75, 3.05) is 36.0 Å². The number of nitrogens with zero attached hydrogens (tertiary/aromatic N) is 6. The van der Waals surface area contributed by atoms with E-state index >= 15 is 0 Å². The van der Waals surface area contributed by atoms with Crippen LogP contribution in [0.2, 0.25) is 5.02 Å². The number of anilines is 2. The van der Waals surface area contributed by atoms with Gasteiger partial charge in [0.1, 0.15) is 16.5 Å². The van der Waals surface area contributed by atoms with Crippen LogP contribution in [-0.4, -0.2) is 64.5 Å². The van der Waals surface area contributed by atoms with Crippen LogP contribution in [0, 0.1) is 22.2 Å². The number of aromatic nitrogens is 3. The number of rotatable bonds is 6. The average Bonchev–Trinajstić information content (AvgIpc) is 3.63. The highest BCUT2D eigenvalue weighted by Gasteiger charge is 2.56. The van der Waals surface area contributed by atoms with Crippen LogP contribution in [0.15, 0.2) is 28.4 Å². The molecule has 1 spiro atoms.